The maximum atomic E-state index is 11.0. The van der Waals surface area contributed by atoms with Gasteiger partial charge in [0.2, 0.25) is 0 Å². The summed E-state index contributed by atoms with van der Waals surface area (Å²) in [7, 11) is 0. The lowest BCUT2D eigenvalue weighted by atomic mass is 10.3. The van der Waals surface area contributed by atoms with Gasteiger partial charge in [0, 0.05) is 18.3 Å². The van der Waals surface area contributed by atoms with Crippen molar-refractivity contribution in [2.24, 2.45) is 5.10 Å². The number of benzene rings is 1. The molecule has 0 amide bonds. The van der Waals surface area contributed by atoms with Crippen molar-refractivity contribution in [2.75, 3.05) is 12.0 Å². The van der Waals surface area contributed by atoms with E-state index < -0.39 is 4.92 Å². The van der Waals surface area contributed by atoms with Gasteiger partial charge in [-0.2, -0.15) is 5.10 Å². The summed E-state index contributed by atoms with van der Waals surface area (Å²) in [4.78, 5) is 21.0. The van der Waals surface area contributed by atoms with Crippen LogP contribution in [0.2, 0.25) is 0 Å². The van der Waals surface area contributed by atoms with Crippen molar-refractivity contribution >= 4 is 23.6 Å². The molecule has 0 aliphatic rings. The van der Waals surface area contributed by atoms with Gasteiger partial charge in [-0.25, -0.2) is 0 Å². The van der Waals surface area contributed by atoms with E-state index in [-0.39, 0.29) is 18.1 Å². The molecule has 1 aromatic rings. The lowest BCUT2D eigenvalue weighted by Gasteiger charge is -1.99. The van der Waals surface area contributed by atoms with Crippen LogP contribution in [-0.2, 0) is 9.53 Å². The summed E-state index contributed by atoms with van der Waals surface area (Å²) in [5.41, 5.74) is 3.04. The van der Waals surface area contributed by atoms with Crippen molar-refractivity contribution in [3.8, 4) is 0 Å². The van der Waals surface area contributed by atoms with Gasteiger partial charge >= 0.3 is 5.97 Å². The van der Waals surface area contributed by atoms with Crippen LogP contribution in [0.4, 0.5) is 11.4 Å². The van der Waals surface area contributed by atoms with E-state index in [1.807, 2.05) is 0 Å². The minimum absolute atomic E-state index is 0.0272. The van der Waals surface area contributed by atoms with Crippen molar-refractivity contribution in [2.45, 2.75) is 13.3 Å². The molecule has 0 unspecified atom stereocenters. The average molecular weight is 251 g/mol. The van der Waals surface area contributed by atoms with Crippen molar-refractivity contribution in [1.82, 2.24) is 0 Å². The predicted molar refractivity (Wildman–Crippen MR) is 66.5 cm³/mol. The third-order valence-corrected chi connectivity index (χ3v) is 1.91. The van der Waals surface area contributed by atoms with Crippen LogP contribution in [0.5, 0.6) is 0 Å². The first kappa shape index (κ1) is 13.6. The highest BCUT2D eigenvalue weighted by atomic mass is 16.6. The molecule has 0 aliphatic heterocycles. The number of ether oxygens (including phenoxy) is 1. The summed E-state index contributed by atoms with van der Waals surface area (Å²) in [6.07, 6.45) is 1.40. The normalized spacial score (nSPS) is 10.3. The van der Waals surface area contributed by atoms with Crippen LogP contribution in [0.25, 0.3) is 0 Å². The Morgan fingerprint density at radius 2 is 2.39 bits per heavy atom. The van der Waals surface area contributed by atoms with E-state index in [2.05, 4.69) is 10.5 Å². The van der Waals surface area contributed by atoms with Gasteiger partial charge in [0.15, 0.2) is 0 Å². The Morgan fingerprint density at radius 1 is 1.61 bits per heavy atom. The number of carbonyl (C=O) groups excluding carboxylic acids is 1. The molecule has 7 nitrogen and oxygen atoms in total. The zero-order chi connectivity index (χ0) is 13.4. The monoisotopic (exact) mass is 251 g/mol. The van der Waals surface area contributed by atoms with E-state index >= 15 is 0 Å². The number of carbonyl (C=O) groups is 1. The first-order chi connectivity index (χ1) is 8.63. The summed E-state index contributed by atoms with van der Waals surface area (Å²) >= 11 is 0. The van der Waals surface area contributed by atoms with Gasteiger partial charge in [-0.1, -0.05) is 6.07 Å². The molecule has 96 valence electrons. The van der Waals surface area contributed by atoms with Crippen molar-refractivity contribution in [3.63, 3.8) is 0 Å². The first-order valence-corrected chi connectivity index (χ1v) is 5.31. The lowest BCUT2D eigenvalue weighted by Crippen LogP contribution is -2.04. The average Bonchev–Trinajstić information content (AvgIpc) is 2.35. The largest absolute Gasteiger partial charge is 0.466 e. The minimum Gasteiger partial charge on any atom is -0.466 e. The molecule has 0 radical (unpaired) electrons. The van der Waals surface area contributed by atoms with Crippen LogP contribution >= 0.6 is 0 Å². The molecule has 0 heterocycles. The Bertz CT molecular complexity index is 459. The van der Waals surface area contributed by atoms with Crippen LogP contribution in [0, 0.1) is 10.1 Å². The molecule has 0 spiro atoms. The lowest BCUT2D eigenvalue weighted by molar-refractivity contribution is -0.384. The molecule has 0 atom stereocenters. The number of hydrogen-bond acceptors (Lipinski definition) is 6. The second-order valence-corrected chi connectivity index (χ2v) is 3.24. The smallest absolute Gasteiger partial charge is 0.311 e. The van der Waals surface area contributed by atoms with Crippen LogP contribution in [0.15, 0.2) is 29.4 Å². The van der Waals surface area contributed by atoms with E-state index in [1.165, 1.54) is 18.3 Å². The Labute approximate surface area is 104 Å². The number of nitro groups is 1. The number of nitro benzene ring substituents is 1. The van der Waals surface area contributed by atoms with E-state index in [1.54, 1.807) is 19.1 Å². The Kier molecular flexibility index (Phi) is 5.30. The minimum atomic E-state index is -0.493. The van der Waals surface area contributed by atoms with Gasteiger partial charge in [0.1, 0.15) is 0 Å². The number of esters is 1. The summed E-state index contributed by atoms with van der Waals surface area (Å²) in [5, 5.41) is 14.3. The molecule has 0 bridgehead atoms. The second kappa shape index (κ2) is 7.00. The topological polar surface area (TPSA) is 93.8 Å². The van der Waals surface area contributed by atoms with Gasteiger partial charge < -0.3 is 4.74 Å². The van der Waals surface area contributed by atoms with Gasteiger partial charge in [0.25, 0.3) is 5.69 Å². The fourth-order valence-corrected chi connectivity index (χ4v) is 1.15. The highest BCUT2D eigenvalue weighted by molar-refractivity contribution is 5.86. The van der Waals surface area contributed by atoms with Gasteiger partial charge in [-0.3, -0.25) is 20.3 Å². The number of anilines is 1. The number of hydrazone groups is 1. The molecular formula is C11H13N3O4. The number of nitrogens with zero attached hydrogens (tertiary/aromatic N) is 2. The standard InChI is InChI=1S/C11H13N3O4/c1-2-18-11(15)6-7-12-13-9-4-3-5-10(8-9)14(16)17/h3-5,7-8,13H,2,6H2,1H3. The van der Waals surface area contributed by atoms with Gasteiger partial charge in [-0.05, 0) is 13.0 Å². The van der Waals surface area contributed by atoms with Crippen molar-refractivity contribution in [3.05, 3.63) is 34.4 Å². The quantitative estimate of drug-likeness (QED) is 0.361. The Balaban J connectivity index is 2.48. The van der Waals surface area contributed by atoms with E-state index in [9.17, 15) is 14.9 Å². The highest BCUT2D eigenvalue weighted by Gasteiger charge is 2.04. The fourth-order valence-electron chi connectivity index (χ4n) is 1.15. The molecule has 0 aromatic heterocycles. The molecule has 0 aliphatic carbocycles. The SMILES string of the molecule is CCOC(=O)CC=NNc1cccc([N+](=O)[O-])c1. The molecule has 1 N–H and O–H groups in total. The van der Waals surface area contributed by atoms with Crippen LogP contribution in [-0.4, -0.2) is 23.7 Å². The summed E-state index contributed by atoms with van der Waals surface area (Å²) in [6, 6.07) is 5.91. The maximum Gasteiger partial charge on any atom is 0.311 e. The van der Waals surface area contributed by atoms with Crippen molar-refractivity contribution in [1.29, 1.82) is 0 Å². The molecule has 0 saturated heterocycles. The van der Waals surface area contributed by atoms with Crippen molar-refractivity contribution < 1.29 is 14.5 Å². The van der Waals surface area contributed by atoms with E-state index in [0.717, 1.165) is 0 Å². The maximum absolute atomic E-state index is 11.0. The molecule has 7 heteroatoms. The molecule has 18 heavy (non-hydrogen) atoms. The van der Waals surface area contributed by atoms with Gasteiger partial charge in [0.05, 0.1) is 23.6 Å². The highest BCUT2D eigenvalue weighted by Crippen LogP contribution is 2.16. The van der Waals surface area contributed by atoms with Crippen LogP contribution in [0.3, 0.4) is 0 Å². The first-order valence-electron chi connectivity index (χ1n) is 5.31. The van der Waals surface area contributed by atoms with Crippen LogP contribution < -0.4 is 5.43 Å². The predicted octanol–water partition coefficient (Wildman–Crippen LogP) is 1.95. The number of nitrogens with one attached hydrogen (secondary N) is 1. The Morgan fingerprint density at radius 3 is 3.06 bits per heavy atom. The van der Waals surface area contributed by atoms with Gasteiger partial charge in [-0.15, -0.1) is 0 Å². The molecule has 0 saturated carbocycles. The molecular weight excluding hydrogens is 238 g/mol. The molecule has 1 aromatic carbocycles. The van der Waals surface area contributed by atoms with Crippen LogP contribution in [0.1, 0.15) is 13.3 Å². The number of rotatable bonds is 6. The molecule has 0 fully saturated rings. The second-order valence-electron chi connectivity index (χ2n) is 3.24. The van der Waals surface area contributed by atoms with E-state index in [4.69, 9.17) is 4.74 Å². The summed E-state index contributed by atoms with van der Waals surface area (Å²) < 4.78 is 4.70. The Hall–Kier alpha value is -2.44. The number of non-ortho nitro benzene ring substituents is 1. The fraction of sp³-hybridized carbons (Fsp3) is 0.273. The van der Waals surface area contributed by atoms with E-state index in [0.29, 0.717) is 12.3 Å². The third-order valence-electron chi connectivity index (χ3n) is 1.91. The molecule has 1 rings (SSSR count). The number of hydrogen-bond donors (Lipinski definition) is 1. The zero-order valence-electron chi connectivity index (χ0n) is 9.83. The zero-order valence-corrected chi connectivity index (χ0v) is 9.83. The summed E-state index contributed by atoms with van der Waals surface area (Å²) in [6.45, 7) is 2.04. The summed E-state index contributed by atoms with van der Waals surface area (Å²) in [5.74, 6) is -0.373. The third kappa shape index (κ3) is 4.60.